The third kappa shape index (κ3) is 4.69. The van der Waals surface area contributed by atoms with Crippen LogP contribution in [0.4, 0.5) is 10.6 Å². The quantitative estimate of drug-likeness (QED) is 0.528. The van der Waals surface area contributed by atoms with Crippen LogP contribution in [-0.4, -0.2) is 50.8 Å². The van der Waals surface area contributed by atoms with E-state index in [0.29, 0.717) is 9.99 Å². The van der Waals surface area contributed by atoms with Gasteiger partial charge in [-0.1, -0.05) is 30.3 Å². The molecule has 150 valence electrons. The van der Waals surface area contributed by atoms with Crippen LogP contribution >= 0.6 is 22.6 Å². The van der Waals surface area contributed by atoms with Crippen LogP contribution in [0.15, 0.2) is 41.3 Å². The number of benzene rings is 1. The van der Waals surface area contributed by atoms with Gasteiger partial charge in [0.15, 0.2) is 12.0 Å². The number of aromatic nitrogens is 2. The number of carbonyl (C=O) groups is 1. The summed E-state index contributed by atoms with van der Waals surface area (Å²) in [5.74, 6) is 0.0487. The van der Waals surface area contributed by atoms with Crippen molar-refractivity contribution in [2.45, 2.75) is 37.9 Å². The molecule has 2 aromatic rings. The van der Waals surface area contributed by atoms with Gasteiger partial charge in [0.05, 0.1) is 16.3 Å². The van der Waals surface area contributed by atoms with Crippen LogP contribution in [0.2, 0.25) is 0 Å². The second-order valence-corrected chi connectivity index (χ2v) is 7.50. The molecule has 1 saturated heterocycles. The van der Waals surface area contributed by atoms with Crippen molar-refractivity contribution in [3.8, 4) is 0 Å². The number of nitrogens with one attached hydrogen (secondary N) is 1. The topological polar surface area (TPSA) is 123 Å². The third-order valence-electron chi connectivity index (χ3n) is 4.35. The highest BCUT2D eigenvalue weighted by atomic mass is 127. The summed E-state index contributed by atoms with van der Waals surface area (Å²) in [5, 5.41) is 22.3. The van der Waals surface area contributed by atoms with E-state index < -0.39 is 36.3 Å². The van der Waals surface area contributed by atoms with Gasteiger partial charge >= 0.3 is 11.8 Å². The van der Waals surface area contributed by atoms with Crippen LogP contribution in [-0.2, 0) is 15.9 Å². The Morgan fingerprint density at radius 1 is 1.32 bits per heavy atom. The maximum absolute atomic E-state index is 12.3. The van der Waals surface area contributed by atoms with Crippen LogP contribution in [0.25, 0.3) is 0 Å². The maximum Gasteiger partial charge on any atom is 0.412 e. The van der Waals surface area contributed by atoms with Crippen molar-refractivity contribution in [3.05, 3.63) is 56.1 Å². The Kier molecular flexibility index (Phi) is 6.65. The molecule has 2 heterocycles. The van der Waals surface area contributed by atoms with E-state index in [9.17, 15) is 19.8 Å². The van der Waals surface area contributed by atoms with E-state index in [1.54, 1.807) is 6.92 Å². The van der Waals surface area contributed by atoms with Crippen LogP contribution in [0.5, 0.6) is 0 Å². The predicted octanol–water partition coefficient (Wildman–Crippen LogP) is 1.28. The number of halogens is 1. The van der Waals surface area contributed by atoms with E-state index in [2.05, 4.69) is 10.3 Å². The molecule has 1 aromatic heterocycles. The average molecular weight is 501 g/mol. The molecule has 3 N–H and O–H groups in total. The fraction of sp³-hybridized carbons (Fsp3) is 0.389. The van der Waals surface area contributed by atoms with Crippen molar-refractivity contribution in [2.75, 3.05) is 11.9 Å². The molecule has 0 saturated carbocycles. The monoisotopic (exact) mass is 501 g/mol. The van der Waals surface area contributed by atoms with Crippen molar-refractivity contribution >= 4 is 34.5 Å². The van der Waals surface area contributed by atoms with Crippen LogP contribution in [0, 0.1) is 3.57 Å². The van der Waals surface area contributed by atoms with E-state index in [0.717, 1.165) is 10.1 Å². The largest absolute Gasteiger partial charge is 0.449 e. The predicted molar refractivity (Wildman–Crippen MR) is 108 cm³/mol. The van der Waals surface area contributed by atoms with Crippen molar-refractivity contribution in [2.24, 2.45) is 0 Å². The second kappa shape index (κ2) is 8.99. The number of rotatable bonds is 5. The fourth-order valence-corrected chi connectivity index (χ4v) is 3.37. The number of hydrogen-bond donors (Lipinski definition) is 3. The Hall–Kier alpha value is -2.02. The van der Waals surface area contributed by atoms with E-state index in [4.69, 9.17) is 9.47 Å². The molecular formula is C18H20IN3O6. The lowest BCUT2D eigenvalue weighted by atomic mass is 10.1. The average Bonchev–Trinajstić information content (AvgIpc) is 2.92. The molecule has 28 heavy (non-hydrogen) atoms. The lowest BCUT2D eigenvalue weighted by Crippen LogP contribution is -2.36. The molecule has 1 amide bonds. The highest BCUT2D eigenvalue weighted by Gasteiger charge is 2.42. The summed E-state index contributed by atoms with van der Waals surface area (Å²) in [6.07, 6.45) is -2.79. The molecule has 0 spiro atoms. The summed E-state index contributed by atoms with van der Waals surface area (Å²) in [6.45, 7) is 1.78. The van der Waals surface area contributed by atoms with Crippen molar-refractivity contribution < 1.29 is 24.5 Å². The summed E-state index contributed by atoms with van der Waals surface area (Å²) in [6, 6.07) is 9.58. The Morgan fingerprint density at radius 3 is 2.68 bits per heavy atom. The lowest BCUT2D eigenvalue weighted by molar-refractivity contribution is -0.0351. The van der Waals surface area contributed by atoms with Crippen molar-refractivity contribution in [3.63, 3.8) is 0 Å². The molecule has 4 atom stereocenters. The molecule has 0 radical (unpaired) electrons. The normalized spacial score (nSPS) is 24.1. The van der Waals surface area contributed by atoms with Gasteiger partial charge < -0.3 is 19.7 Å². The molecule has 0 aliphatic carbocycles. The van der Waals surface area contributed by atoms with E-state index >= 15 is 0 Å². The molecule has 1 fully saturated rings. The zero-order valence-electron chi connectivity index (χ0n) is 15.0. The minimum Gasteiger partial charge on any atom is -0.449 e. The van der Waals surface area contributed by atoms with Crippen molar-refractivity contribution in [1.29, 1.82) is 0 Å². The lowest BCUT2D eigenvalue weighted by Gasteiger charge is -2.18. The fourth-order valence-electron chi connectivity index (χ4n) is 2.81. The second-order valence-electron chi connectivity index (χ2n) is 6.34. The van der Waals surface area contributed by atoms with Gasteiger partial charge in [0.1, 0.15) is 12.2 Å². The van der Waals surface area contributed by atoms with Gasteiger partial charge in [-0.25, -0.2) is 9.59 Å². The first-order valence-electron chi connectivity index (χ1n) is 8.65. The van der Waals surface area contributed by atoms with Gasteiger partial charge in [-0.15, -0.1) is 0 Å². The molecular weight excluding hydrogens is 481 g/mol. The van der Waals surface area contributed by atoms with E-state index in [-0.39, 0.29) is 12.4 Å². The smallest absolute Gasteiger partial charge is 0.412 e. The first-order chi connectivity index (χ1) is 13.4. The molecule has 1 aromatic carbocycles. The third-order valence-corrected chi connectivity index (χ3v) is 5.13. The Balaban J connectivity index is 1.63. The number of nitrogens with zero attached hydrogens (tertiary/aromatic N) is 2. The van der Waals surface area contributed by atoms with Gasteiger partial charge in [-0.3, -0.25) is 9.88 Å². The molecule has 1 aliphatic rings. The molecule has 1 aliphatic heterocycles. The SMILES string of the molecule is C[C@H]1O[C@@H](n2cc(I)c(NC(=O)OCCc3ccccc3)nc2=O)[C@H](O)[C@@H]1O. The highest BCUT2D eigenvalue weighted by molar-refractivity contribution is 14.1. The zero-order chi connectivity index (χ0) is 20.3. The molecule has 0 bridgehead atoms. The summed E-state index contributed by atoms with van der Waals surface area (Å²) in [5.41, 5.74) is 0.308. The number of amides is 1. The van der Waals surface area contributed by atoms with Crippen LogP contribution in [0.3, 0.4) is 0 Å². The number of anilines is 1. The molecule has 0 unspecified atom stereocenters. The van der Waals surface area contributed by atoms with Gasteiger partial charge in [0.2, 0.25) is 0 Å². The first kappa shape index (κ1) is 20.7. The zero-order valence-corrected chi connectivity index (χ0v) is 17.1. The number of aliphatic hydroxyl groups excluding tert-OH is 2. The Bertz CT molecular complexity index is 891. The molecule has 3 rings (SSSR count). The summed E-state index contributed by atoms with van der Waals surface area (Å²) in [7, 11) is 0. The Labute approximate surface area is 174 Å². The number of aliphatic hydroxyl groups is 2. The minimum absolute atomic E-state index is 0.0487. The number of ether oxygens (including phenoxy) is 2. The molecule has 9 nitrogen and oxygen atoms in total. The number of carbonyl (C=O) groups excluding carboxylic acids is 1. The van der Waals surface area contributed by atoms with Crippen LogP contribution < -0.4 is 11.0 Å². The maximum atomic E-state index is 12.3. The van der Waals surface area contributed by atoms with Gasteiger partial charge in [-0.2, -0.15) is 4.98 Å². The van der Waals surface area contributed by atoms with Gasteiger partial charge in [0, 0.05) is 12.6 Å². The van der Waals surface area contributed by atoms with Crippen molar-refractivity contribution in [1.82, 2.24) is 9.55 Å². The van der Waals surface area contributed by atoms with E-state index in [1.807, 2.05) is 52.9 Å². The highest BCUT2D eigenvalue weighted by Crippen LogP contribution is 2.28. The Morgan fingerprint density at radius 2 is 2.04 bits per heavy atom. The summed E-state index contributed by atoms with van der Waals surface area (Å²) < 4.78 is 12.1. The van der Waals surface area contributed by atoms with Gasteiger partial charge in [-0.05, 0) is 35.1 Å². The summed E-state index contributed by atoms with van der Waals surface area (Å²) in [4.78, 5) is 28.1. The van der Waals surface area contributed by atoms with E-state index in [1.165, 1.54) is 6.20 Å². The summed E-state index contributed by atoms with van der Waals surface area (Å²) >= 11 is 1.89. The first-order valence-corrected chi connectivity index (χ1v) is 9.72. The van der Waals surface area contributed by atoms with Crippen LogP contribution in [0.1, 0.15) is 18.7 Å². The van der Waals surface area contributed by atoms with Gasteiger partial charge in [0.25, 0.3) is 0 Å². The molecule has 10 heteroatoms. The number of hydrogen-bond acceptors (Lipinski definition) is 7. The minimum atomic E-state index is -1.26. The standard InChI is InChI=1S/C18H20IN3O6/c1-10-13(23)14(24)16(28-10)22-9-12(19)15(20-17(22)25)21-18(26)27-8-7-11-5-3-2-4-6-11/h2-6,9-10,13-14,16,23-24H,7-8H2,1H3,(H,20,21,25,26)/t10-,13-,14-,16-/m1/s1.